The van der Waals surface area contributed by atoms with E-state index in [9.17, 15) is 9.59 Å². The Morgan fingerprint density at radius 2 is 1.54 bits per heavy atom. The second-order valence-electron chi connectivity index (χ2n) is 6.53. The standard InChI is InChI=1S/C22H27NO5/c1-15(11-12-16-9-7-6-8-10-16)23(2)22(25)20(24)17-13-18(26-3)21(28-5)19(14-17)27-4/h6-10,13-15H,11-12H2,1-5H3/t15-/m0/s1. The van der Waals surface area contributed by atoms with Gasteiger partial charge in [-0.15, -0.1) is 0 Å². The summed E-state index contributed by atoms with van der Waals surface area (Å²) in [6, 6.07) is 12.9. The van der Waals surface area contributed by atoms with E-state index in [1.807, 2.05) is 25.1 Å². The number of carbonyl (C=O) groups excluding carboxylic acids is 2. The van der Waals surface area contributed by atoms with Crippen molar-refractivity contribution in [2.45, 2.75) is 25.8 Å². The molecule has 2 rings (SSSR count). The fraction of sp³-hybridized carbons (Fsp3) is 0.364. The smallest absolute Gasteiger partial charge is 0.294 e. The quantitative estimate of drug-likeness (QED) is 0.489. The van der Waals surface area contributed by atoms with Gasteiger partial charge in [0.15, 0.2) is 11.5 Å². The molecule has 1 atom stereocenters. The van der Waals surface area contributed by atoms with Gasteiger partial charge in [-0.25, -0.2) is 0 Å². The fourth-order valence-corrected chi connectivity index (χ4v) is 2.91. The van der Waals surface area contributed by atoms with Gasteiger partial charge in [0.2, 0.25) is 5.75 Å². The van der Waals surface area contributed by atoms with Gasteiger partial charge in [-0.1, -0.05) is 30.3 Å². The van der Waals surface area contributed by atoms with E-state index < -0.39 is 11.7 Å². The number of likely N-dealkylation sites (N-methyl/N-ethyl adjacent to an activating group) is 1. The average molecular weight is 385 g/mol. The van der Waals surface area contributed by atoms with Crippen LogP contribution in [0.3, 0.4) is 0 Å². The van der Waals surface area contributed by atoms with Crippen LogP contribution in [0.25, 0.3) is 0 Å². The minimum Gasteiger partial charge on any atom is -0.493 e. The van der Waals surface area contributed by atoms with Crippen LogP contribution in [0.4, 0.5) is 0 Å². The number of aryl methyl sites for hydroxylation is 1. The lowest BCUT2D eigenvalue weighted by atomic mass is 10.0. The molecule has 0 aromatic heterocycles. The van der Waals surface area contributed by atoms with Crippen LogP contribution < -0.4 is 14.2 Å². The van der Waals surface area contributed by atoms with Gasteiger partial charge in [0.05, 0.1) is 21.3 Å². The van der Waals surface area contributed by atoms with Gasteiger partial charge in [-0.3, -0.25) is 9.59 Å². The molecule has 0 N–H and O–H groups in total. The van der Waals surface area contributed by atoms with Crippen molar-refractivity contribution in [3.63, 3.8) is 0 Å². The lowest BCUT2D eigenvalue weighted by Crippen LogP contribution is -2.39. The molecule has 0 saturated heterocycles. The summed E-state index contributed by atoms with van der Waals surface area (Å²) in [6.45, 7) is 1.93. The predicted molar refractivity (Wildman–Crippen MR) is 107 cm³/mol. The summed E-state index contributed by atoms with van der Waals surface area (Å²) in [5, 5.41) is 0. The van der Waals surface area contributed by atoms with E-state index in [0.29, 0.717) is 17.2 Å². The monoisotopic (exact) mass is 385 g/mol. The van der Waals surface area contributed by atoms with Gasteiger partial charge in [0.25, 0.3) is 11.7 Å². The maximum atomic E-state index is 12.8. The number of Topliss-reactive ketones (excluding diaryl/α,β-unsaturated/α-hetero) is 1. The van der Waals surface area contributed by atoms with Gasteiger partial charge in [0.1, 0.15) is 0 Å². The lowest BCUT2D eigenvalue weighted by Gasteiger charge is -2.24. The zero-order valence-corrected chi connectivity index (χ0v) is 17.0. The fourth-order valence-electron chi connectivity index (χ4n) is 2.91. The van der Waals surface area contributed by atoms with Crippen LogP contribution in [-0.2, 0) is 11.2 Å². The van der Waals surface area contributed by atoms with Crippen molar-refractivity contribution in [3.8, 4) is 17.2 Å². The SMILES string of the molecule is COc1cc(C(=O)C(=O)N(C)[C@@H](C)CCc2ccccc2)cc(OC)c1OC. The van der Waals surface area contributed by atoms with E-state index in [2.05, 4.69) is 12.1 Å². The molecule has 0 fully saturated rings. The number of methoxy groups -OCH3 is 3. The van der Waals surface area contributed by atoms with E-state index in [-0.39, 0.29) is 11.6 Å². The molecule has 1 amide bonds. The van der Waals surface area contributed by atoms with E-state index in [1.54, 1.807) is 7.05 Å². The van der Waals surface area contributed by atoms with Crippen molar-refractivity contribution in [2.24, 2.45) is 0 Å². The third-order valence-electron chi connectivity index (χ3n) is 4.80. The third kappa shape index (κ3) is 4.82. The molecule has 0 heterocycles. The molecule has 0 aliphatic heterocycles. The van der Waals surface area contributed by atoms with Gasteiger partial charge in [0, 0.05) is 18.7 Å². The first-order chi connectivity index (χ1) is 13.4. The van der Waals surface area contributed by atoms with Gasteiger partial charge in [-0.05, 0) is 37.5 Å². The summed E-state index contributed by atoms with van der Waals surface area (Å²) in [7, 11) is 6.05. The number of nitrogens with zero attached hydrogens (tertiary/aromatic N) is 1. The molecule has 28 heavy (non-hydrogen) atoms. The summed E-state index contributed by atoms with van der Waals surface area (Å²) in [4.78, 5) is 27.0. The number of ketones is 1. The summed E-state index contributed by atoms with van der Waals surface area (Å²) in [6.07, 6.45) is 1.59. The van der Waals surface area contributed by atoms with Crippen molar-refractivity contribution in [1.82, 2.24) is 4.90 Å². The van der Waals surface area contributed by atoms with E-state index >= 15 is 0 Å². The average Bonchev–Trinajstić information content (AvgIpc) is 2.75. The highest BCUT2D eigenvalue weighted by Gasteiger charge is 2.26. The zero-order valence-electron chi connectivity index (χ0n) is 17.0. The highest BCUT2D eigenvalue weighted by atomic mass is 16.5. The number of benzene rings is 2. The molecule has 0 aliphatic rings. The Balaban J connectivity index is 2.13. The maximum absolute atomic E-state index is 12.8. The molecule has 0 saturated carbocycles. The number of rotatable bonds is 9. The number of amides is 1. The molecule has 150 valence electrons. The van der Waals surface area contributed by atoms with Crippen molar-refractivity contribution in [2.75, 3.05) is 28.4 Å². The number of hydrogen-bond donors (Lipinski definition) is 0. The first kappa shape index (κ1) is 21.3. The molecule has 0 bridgehead atoms. The van der Waals surface area contributed by atoms with Crippen LogP contribution in [-0.4, -0.2) is 51.0 Å². The zero-order chi connectivity index (χ0) is 20.7. The Hall–Kier alpha value is -3.02. The highest BCUT2D eigenvalue weighted by molar-refractivity contribution is 6.42. The van der Waals surface area contributed by atoms with Crippen molar-refractivity contribution in [3.05, 3.63) is 53.6 Å². The summed E-state index contributed by atoms with van der Waals surface area (Å²) < 4.78 is 15.8. The molecule has 2 aromatic rings. The third-order valence-corrected chi connectivity index (χ3v) is 4.80. The maximum Gasteiger partial charge on any atom is 0.294 e. The Morgan fingerprint density at radius 1 is 0.964 bits per heavy atom. The van der Waals surface area contributed by atoms with Crippen molar-refractivity contribution < 1.29 is 23.8 Å². The minimum absolute atomic E-state index is 0.0845. The summed E-state index contributed by atoms with van der Waals surface area (Å²) >= 11 is 0. The van der Waals surface area contributed by atoms with Crippen LogP contribution in [0.15, 0.2) is 42.5 Å². The van der Waals surface area contributed by atoms with Crippen LogP contribution in [0.2, 0.25) is 0 Å². The van der Waals surface area contributed by atoms with Gasteiger partial charge >= 0.3 is 0 Å². The second-order valence-corrected chi connectivity index (χ2v) is 6.53. The largest absolute Gasteiger partial charge is 0.493 e. The second kappa shape index (κ2) is 9.78. The van der Waals surface area contributed by atoms with Gasteiger partial charge in [-0.2, -0.15) is 0 Å². The van der Waals surface area contributed by atoms with Crippen LogP contribution in [0, 0.1) is 0 Å². The Morgan fingerprint density at radius 3 is 2.04 bits per heavy atom. The lowest BCUT2D eigenvalue weighted by molar-refractivity contribution is -0.127. The minimum atomic E-state index is -0.617. The topological polar surface area (TPSA) is 65.1 Å². The molecule has 0 radical (unpaired) electrons. The Labute approximate surface area is 166 Å². The number of carbonyl (C=O) groups is 2. The van der Waals surface area contributed by atoms with E-state index in [1.165, 1.54) is 43.9 Å². The molecule has 0 aliphatic carbocycles. The first-order valence-electron chi connectivity index (χ1n) is 9.08. The van der Waals surface area contributed by atoms with Crippen LogP contribution in [0.1, 0.15) is 29.3 Å². The molecule has 0 unspecified atom stereocenters. The normalized spacial score (nSPS) is 11.5. The number of ether oxygens (including phenoxy) is 3. The Kier molecular flexibility index (Phi) is 7.44. The molecular formula is C22H27NO5. The first-order valence-corrected chi connectivity index (χ1v) is 9.08. The predicted octanol–water partition coefficient (Wildman–Crippen LogP) is 3.37. The molecule has 6 heteroatoms. The molecular weight excluding hydrogens is 358 g/mol. The number of hydrogen-bond acceptors (Lipinski definition) is 5. The molecule has 0 spiro atoms. The summed E-state index contributed by atoms with van der Waals surface area (Å²) in [5.41, 5.74) is 1.40. The van der Waals surface area contributed by atoms with Gasteiger partial charge < -0.3 is 19.1 Å². The van der Waals surface area contributed by atoms with Crippen LogP contribution in [0.5, 0.6) is 17.2 Å². The van der Waals surface area contributed by atoms with Crippen molar-refractivity contribution >= 4 is 11.7 Å². The highest BCUT2D eigenvalue weighted by Crippen LogP contribution is 2.38. The van der Waals surface area contributed by atoms with E-state index in [0.717, 1.165) is 12.8 Å². The molecule has 2 aromatic carbocycles. The summed E-state index contributed by atoms with van der Waals surface area (Å²) in [5.74, 6) is -0.155. The van der Waals surface area contributed by atoms with Crippen molar-refractivity contribution in [1.29, 1.82) is 0 Å². The van der Waals surface area contributed by atoms with E-state index in [4.69, 9.17) is 14.2 Å². The van der Waals surface area contributed by atoms with Crippen LogP contribution >= 0.6 is 0 Å². The Bertz CT molecular complexity index is 794. The molecule has 6 nitrogen and oxygen atoms in total.